The molecule has 0 heterocycles. The van der Waals surface area contributed by atoms with Gasteiger partial charge in [-0.25, -0.2) is 0 Å². The predicted octanol–water partition coefficient (Wildman–Crippen LogP) is 0.997. The first-order chi connectivity index (χ1) is 12.5. The van der Waals surface area contributed by atoms with Gasteiger partial charge in [0.15, 0.2) is 23.2 Å². The maximum Gasteiger partial charge on any atom is 0.259 e. The van der Waals surface area contributed by atoms with E-state index in [0.717, 1.165) is 5.56 Å². The lowest BCUT2D eigenvalue weighted by Gasteiger charge is -2.14. The molecule has 0 spiro atoms. The fourth-order valence-corrected chi connectivity index (χ4v) is 1.89. The average Bonchev–Trinajstić information content (AvgIpc) is 2.61. The molecule has 0 saturated heterocycles. The van der Waals surface area contributed by atoms with Gasteiger partial charge in [-0.3, -0.25) is 10.2 Å². The Balaban J connectivity index is 2.67. The fourth-order valence-electron chi connectivity index (χ4n) is 1.73. The van der Waals surface area contributed by atoms with Crippen LogP contribution in [0.2, 0.25) is 0 Å². The van der Waals surface area contributed by atoms with Gasteiger partial charge in [0.2, 0.25) is 0 Å². The van der Waals surface area contributed by atoms with Gasteiger partial charge in [0.05, 0.1) is 19.4 Å². The number of hydrogen-bond donors (Lipinski definition) is 2. The van der Waals surface area contributed by atoms with Crippen LogP contribution in [0.1, 0.15) is 12.5 Å². The van der Waals surface area contributed by atoms with Crippen LogP contribution < -0.4 is 20.2 Å². The van der Waals surface area contributed by atoms with E-state index in [4.69, 9.17) is 26.4 Å². The van der Waals surface area contributed by atoms with E-state index in [1.54, 1.807) is 39.6 Å². The molecule has 8 nitrogen and oxygen atoms in total. The Labute approximate surface area is 159 Å². The number of nitrogens with zero attached hydrogens (tertiary/aromatic N) is 2. The molecule has 0 fully saturated rings. The molecule has 1 rings (SSSR count). The summed E-state index contributed by atoms with van der Waals surface area (Å²) in [4.78, 5) is 13.1. The number of hydrogen-bond acceptors (Lipinski definition) is 6. The van der Waals surface area contributed by atoms with Gasteiger partial charge in [-0.05, 0) is 42.9 Å². The Bertz CT molecular complexity index is 623. The van der Waals surface area contributed by atoms with Crippen molar-refractivity contribution < 1.29 is 19.0 Å². The lowest BCUT2D eigenvalue weighted by atomic mass is 10.2. The number of benzene rings is 1. The van der Waals surface area contributed by atoms with Crippen LogP contribution in [0.15, 0.2) is 23.3 Å². The maximum atomic E-state index is 11.7. The Hall–Kier alpha value is -2.39. The summed E-state index contributed by atoms with van der Waals surface area (Å²) >= 11 is 5.08. The number of amides is 1. The van der Waals surface area contributed by atoms with Gasteiger partial charge < -0.3 is 24.4 Å². The van der Waals surface area contributed by atoms with E-state index >= 15 is 0 Å². The molecule has 9 heteroatoms. The number of thiocarbonyl (C=S) groups is 1. The van der Waals surface area contributed by atoms with Crippen molar-refractivity contribution in [2.75, 3.05) is 47.6 Å². The third kappa shape index (κ3) is 8.13. The Morgan fingerprint density at radius 2 is 2.08 bits per heavy atom. The second-order valence-electron chi connectivity index (χ2n) is 5.33. The largest absolute Gasteiger partial charge is 0.490 e. The first-order valence-electron chi connectivity index (χ1n) is 8.13. The van der Waals surface area contributed by atoms with Gasteiger partial charge in [0.25, 0.3) is 5.91 Å². The zero-order valence-electron chi connectivity index (χ0n) is 15.6. The molecule has 0 bridgehead atoms. The summed E-state index contributed by atoms with van der Waals surface area (Å²) in [5.74, 6) is 0.921. The Kier molecular flexibility index (Phi) is 10.0. The summed E-state index contributed by atoms with van der Waals surface area (Å²) in [5, 5.41) is 7.43. The lowest BCUT2D eigenvalue weighted by molar-refractivity contribution is -0.130. The van der Waals surface area contributed by atoms with Crippen molar-refractivity contribution in [3.63, 3.8) is 0 Å². The summed E-state index contributed by atoms with van der Waals surface area (Å²) in [6, 6.07) is 5.33. The first kappa shape index (κ1) is 21.7. The quantitative estimate of drug-likeness (QED) is 0.270. The smallest absolute Gasteiger partial charge is 0.259 e. The van der Waals surface area contributed by atoms with Crippen LogP contribution in [0.25, 0.3) is 0 Å². The number of likely N-dealkylation sites (N-methyl/N-ethyl adjacent to an activating group) is 1. The third-order valence-corrected chi connectivity index (χ3v) is 3.32. The van der Waals surface area contributed by atoms with E-state index in [0.29, 0.717) is 36.4 Å². The zero-order chi connectivity index (χ0) is 19.4. The van der Waals surface area contributed by atoms with Gasteiger partial charge in [-0.1, -0.05) is 0 Å². The minimum atomic E-state index is -0.128. The summed E-state index contributed by atoms with van der Waals surface area (Å²) in [6.07, 6.45) is 1.61. The van der Waals surface area contributed by atoms with Crippen molar-refractivity contribution in [3.8, 4) is 11.5 Å². The van der Waals surface area contributed by atoms with Crippen molar-refractivity contribution >= 4 is 29.5 Å². The molecule has 1 aromatic carbocycles. The monoisotopic (exact) mass is 382 g/mol. The summed E-state index contributed by atoms with van der Waals surface area (Å²) < 4.78 is 16.0. The van der Waals surface area contributed by atoms with Crippen LogP contribution in [0.5, 0.6) is 11.5 Å². The topological polar surface area (TPSA) is 84.4 Å². The molecule has 0 radical (unpaired) electrons. The van der Waals surface area contributed by atoms with Crippen LogP contribution in [-0.4, -0.2) is 69.7 Å². The second-order valence-corrected chi connectivity index (χ2v) is 5.74. The molecular formula is C17H26N4O4S. The first-order valence-corrected chi connectivity index (χ1v) is 8.54. The predicted molar refractivity (Wildman–Crippen MR) is 105 cm³/mol. The highest BCUT2D eigenvalue weighted by Crippen LogP contribution is 2.28. The standard InChI is InChI=1S/C17H26N4O4S/c1-5-24-15-10-13(11-19-20-17(26)18-8-9-23-4)6-7-14(15)25-12-16(22)21(2)3/h6-7,10-11H,5,8-9,12H2,1-4H3,(H2,18,20,26)/b19-11+. The number of methoxy groups -OCH3 is 1. The number of carbonyl (C=O) groups excluding carboxylic acids is 1. The van der Waals surface area contributed by atoms with Gasteiger partial charge in [0.1, 0.15) is 0 Å². The van der Waals surface area contributed by atoms with Crippen molar-refractivity contribution in [3.05, 3.63) is 23.8 Å². The molecule has 1 aromatic rings. The molecule has 1 amide bonds. The highest BCUT2D eigenvalue weighted by atomic mass is 32.1. The molecule has 0 saturated carbocycles. The van der Waals surface area contributed by atoms with E-state index < -0.39 is 0 Å². The van der Waals surface area contributed by atoms with Crippen molar-refractivity contribution in [2.24, 2.45) is 5.10 Å². The average molecular weight is 382 g/mol. The minimum absolute atomic E-state index is 0.0521. The van der Waals surface area contributed by atoms with E-state index in [9.17, 15) is 4.79 Å². The van der Waals surface area contributed by atoms with Crippen molar-refractivity contribution in [2.45, 2.75) is 6.92 Å². The Morgan fingerprint density at radius 3 is 2.73 bits per heavy atom. The van der Waals surface area contributed by atoms with E-state index in [1.165, 1.54) is 4.90 Å². The van der Waals surface area contributed by atoms with E-state index in [2.05, 4.69) is 15.8 Å². The number of rotatable bonds is 10. The fraction of sp³-hybridized carbons (Fsp3) is 0.471. The molecule has 26 heavy (non-hydrogen) atoms. The molecule has 0 aliphatic heterocycles. The second kappa shape index (κ2) is 12.0. The molecule has 0 aliphatic rings. The highest BCUT2D eigenvalue weighted by molar-refractivity contribution is 7.80. The highest BCUT2D eigenvalue weighted by Gasteiger charge is 2.10. The zero-order valence-corrected chi connectivity index (χ0v) is 16.4. The number of ether oxygens (including phenoxy) is 3. The number of carbonyl (C=O) groups is 1. The van der Waals surface area contributed by atoms with Gasteiger partial charge >= 0.3 is 0 Å². The molecule has 0 atom stereocenters. The third-order valence-electron chi connectivity index (χ3n) is 3.09. The van der Waals surface area contributed by atoms with Gasteiger partial charge in [-0.2, -0.15) is 5.10 Å². The van der Waals surface area contributed by atoms with Crippen LogP contribution in [0.4, 0.5) is 0 Å². The molecule has 144 valence electrons. The molecule has 0 unspecified atom stereocenters. The summed E-state index contributed by atoms with van der Waals surface area (Å²) in [7, 11) is 4.97. The Morgan fingerprint density at radius 1 is 1.31 bits per heavy atom. The summed E-state index contributed by atoms with van der Waals surface area (Å²) in [6.45, 7) is 3.46. The molecular weight excluding hydrogens is 356 g/mol. The van der Waals surface area contributed by atoms with Crippen molar-refractivity contribution in [1.82, 2.24) is 15.6 Å². The van der Waals surface area contributed by atoms with Crippen molar-refractivity contribution in [1.29, 1.82) is 0 Å². The van der Waals surface area contributed by atoms with E-state index in [1.807, 2.05) is 13.0 Å². The van der Waals surface area contributed by atoms with Gasteiger partial charge in [-0.15, -0.1) is 0 Å². The SMILES string of the molecule is CCOc1cc(/C=N/NC(=S)NCCOC)ccc1OCC(=O)N(C)C. The minimum Gasteiger partial charge on any atom is -0.490 e. The van der Waals surface area contributed by atoms with Gasteiger partial charge in [0, 0.05) is 27.7 Å². The van der Waals surface area contributed by atoms with Crippen LogP contribution in [-0.2, 0) is 9.53 Å². The molecule has 2 N–H and O–H groups in total. The van der Waals surface area contributed by atoms with Crippen LogP contribution in [0.3, 0.4) is 0 Å². The van der Waals surface area contributed by atoms with E-state index in [-0.39, 0.29) is 12.5 Å². The molecule has 0 aromatic heterocycles. The number of hydrazone groups is 1. The molecule has 0 aliphatic carbocycles. The summed E-state index contributed by atoms with van der Waals surface area (Å²) in [5.41, 5.74) is 3.52. The normalized spacial score (nSPS) is 10.5. The van der Waals surface area contributed by atoms with Crippen LogP contribution >= 0.6 is 12.2 Å². The maximum absolute atomic E-state index is 11.7. The number of nitrogens with one attached hydrogen (secondary N) is 2. The lowest BCUT2D eigenvalue weighted by Crippen LogP contribution is -2.34. The van der Waals surface area contributed by atoms with Crippen LogP contribution in [0, 0.1) is 0 Å².